The third-order valence-electron chi connectivity index (χ3n) is 5.95. The van der Waals surface area contributed by atoms with Crippen molar-refractivity contribution in [2.75, 3.05) is 0 Å². The number of thiophene rings is 1. The van der Waals surface area contributed by atoms with Crippen LogP contribution in [0.5, 0.6) is 0 Å². The summed E-state index contributed by atoms with van der Waals surface area (Å²) in [7, 11) is 0. The van der Waals surface area contributed by atoms with Crippen LogP contribution in [0, 0.1) is 23.7 Å². The molecule has 3 aliphatic carbocycles. The van der Waals surface area contributed by atoms with Gasteiger partial charge in [-0.2, -0.15) is 0 Å². The molecule has 0 spiro atoms. The Morgan fingerprint density at radius 2 is 2.06 bits per heavy atom. The summed E-state index contributed by atoms with van der Waals surface area (Å²) >= 11 is 1.89. The number of rotatable bonds is 3. The minimum atomic E-state index is 0.437. The normalized spacial score (nSPS) is 37.3. The van der Waals surface area contributed by atoms with E-state index in [9.17, 15) is 0 Å². The van der Waals surface area contributed by atoms with Crippen LogP contribution in [-0.4, -0.2) is 6.04 Å². The zero-order valence-corrected chi connectivity index (χ0v) is 12.9. The van der Waals surface area contributed by atoms with E-state index in [1.165, 1.54) is 29.7 Å². The summed E-state index contributed by atoms with van der Waals surface area (Å²) in [5.41, 5.74) is 2.46. The maximum atomic E-state index is 3.85. The van der Waals surface area contributed by atoms with Crippen LogP contribution >= 0.6 is 11.3 Å². The molecular weight excluding hydrogens is 238 g/mol. The van der Waals surface area contributed by atoms with Gasteiger partial charge in [-0.15, -0.1) is 11.3 Å². The Balaban J connectivity index is 1.68. The average Bonchev–Trinajstić information content (AvgIpc) is 2.64. The SMILES string of the molecule is Cc1ccsc1CNC1CC2CC(C)(C2)C1(C)C. The Morgan fingerprint density at radius 1 is 1.33 bits per heavy atom. The second-order valence-electron chi connectivity index (χ2n) is 7.25. The molecule has 3 aliphatic rings. The van der Waals surface area contributed by atoms with E-state index in [0.29, 0.717) is 16.9 Å². The zero-order valence-electron chi connectivity index (χ0n) is 12.0. The van der Waals surface area contributed by atoms with Gasteiger partial charge in [-0.25, -0.2) is 0 Å². The van der Waals surface area contributed by atoms with Crippen LogP contribution in [0.2, 0.25) is 0 Å². The highest BCUT2D eigenvalue weighted by molar-refractivity contribution is 7.10. The number of nitrogens with one attached hydrogen (secondary N) is 1. The van der Waals surface area contributed by atoms with Gasteiger partial charge in [0.05, 0.1) is 0 Å². The molecule has 1 heterocycles. The van der Waals surface area contributed by atoms with Gasteiger partial charge in [0.15, 0.2) is 0 Å². The molecule has 2 heteroatoms. The van der Waals surface area contributed by atoms with Gasteiger partial charge in [0, 0.05) is 17.5 Å². The van der Waals surface area contributed by atoms with Gasteiger partial charge in [0.25, 0.3) is 0 Å². The Bertz CT molecular complexity index is 440. The monoisotopic (exact) mass is 263 g/mol. The second kappa shape index (κ2) is 4.08. The highest BCUT2D eigenvalue weighted by Crippen LogP contribution is 2.64. The van der Waals surface area contributed by atoms with Crippen LogP contribution in [0.25, 0.3) is 0 Å². The second-order valence-corrected chi connectivity index (χ2v) is 8.25. The van der Waals surface area contributed by atoms with E-state index < -0.39 is 0 Å². The Hall–Kier alpha value is -0.340. The van der Waals surface area contributed by atoms with E-state index in [1.54, 1.807) is 0 Å². The quantitative estimate of drug-likeness (QED) is 0.854. The van der Waals surface area contributed by atoms with Gasteiger partial charge in [-0.3, -0.25) is 0 Å². The van der Waals surface area contributed by atoms with Gasteiger partial charge >= 0.3 is 0 Å². The highest BCUT2D eigenvalue weighted by Gasteiger charge is 2.58. The van der Waals surface area contributed by atoms with Crippen molar-refractivity contribution in [2.24, 2.45) is 16.7 Å². The lowest BCUT2D eigenvalue weighted by Gasteiger charge is -2.64. The fraction of sp³-hybridized carbons (Fsp3) is 0.750. The molecule has 0 aromatic carbocycles. The van der Waals surface area contributed by atoms with E-state index in [2.05, 4.69) is 44.5 Å². The Kier molecular flexibility index (Phi) is 2.87. The smallest absolute Gasteiger partial charge is 0.0305 e. The molecule has 1 N–H and O–H groups in total. The summed E-state index contributed by atoms with van der Waals surface area (Å²) in [5, 5.41) is 6.06. The summed E-state index contributed by atoms with van der Waals surface area (Å²) in [6.45, 7) is 10.7. The number of aryl methyl sites for hydroxylation is 1. The van der Waals surface area contributed by atoms with Crippen molar-refractivity contribution < 1.29 is 0 Å². The summed E-state index contributed by atoms with van der Waals surface area (Å²) in [5.74, 6) is 0.991. The molecule has 1 atom stereocenters. The van der Waals surface area contributed by atoms with E-state index in [0.717, 1.165) is 12.5 Å². The van der Waals surface area contributed by atoms with Gasteiger partial charge in [-0.05, 0) is 59.9 Å². The summed E-state index contributed by atoms with van der Waals surface area (Å²) in [4.78, 5) is 1.51. The van der Waals surface area contributed by atoms with Gasteiger partial charge in [0.1, 0.15) is 0 Å². The van der Waals surface area contributed by atoms with Crippen LogP contribution in [-0.2, 0) is 6.54 Å². The number of hydrogen-bond acceptors (Lipinski definition) is 2. The van der Waals surface area contributed by atoms with Crippen molar-refractivity contribution in [2.45, 2.75) is 59.5 Å². The third kappa shape index (κ3) is 1.77. The van der Waals surface area contributed by atoms with Crippen molar-refractivity contribution in [3.05, 3.63) is 21.9 Å². The fourth-order valence-electron chi connectivity index (χ4n) is 4.10. The molecule has 0 saturated heterocycles. The predicted molar refractivity (Wildman–Crippen MR) is 78.9 cm³/mol. The van der Waals surface area contributed by atoms with E-state index in [1.807, 2.05) is 11.3 Å². The number of hydrogen-bond donors (Lipinski definition) is 1. The molecule has 1 nitrogen and oxygen atoms in total. The molecule has 0 radical (unpaired) electrons. The molecule has 1 aromatic heterocycles. The molecule has 0 aliphatic heterocycles. The lowest BCUT2D eigenvalue weighted by molar-refractivity contribution is -0.124. The maximum Gasteiger partial charge on any atom is 0.0305 e. The zero-order chi connectivity index (χ0) is 13.0. The fourth-order valence-corrected chi connectivity index (χ4v) is 4.95. The minimum Gasteiger partial charge on any atom is -0.309 e. The molecule has 1 unspecified atom stereocenters. The molecule has 18 heavy (non-hydrogen) atoms. The van der Waals surface area contributed by atoms with Crippen molar-refractivity contribution in [1.29, 1.82) is 0 Å². The Labute approximate surface area is 115 Å². The molecule has 2 bridgehead atoms. The molecule has 3 saturated carbocycles. The van der Waals surface area contributed by atoms with Crippen LogP contribution in [0.1, 0.15) is 50.5 Å². The first-order chi connectivity index (χ1) is 8.42. The van der Waals surface area contributed by atoms with Gasteiger partial charge in [0.2, 0.25) is 0 Å². The van der Waals surface area contributed by atoms with Crippen LogP contribution in [0.15, 0.2) is 11.4 Å². The largest absolute Gasteiger partial charge is 0.309 e. The van der Waals surface area contributed by atoms with Crippen LogP contribution in [0.3, 0.4) is 0 Å². The Morgan fingerprint density at radius 3 is 2.67 bits per heavy atom. The molecule has 3 fully saturated rings. The lowest BCUT2D eigenvalue weighted by Crippen LogP contribution is -2.62. The summed E-state index contributed by atoms with van der Waals surface area (Å²) < 4.78 is 0. The van der Waals surface area contributed by atoms with Gasteiger partial charge < -0.3 is 5.32 Å². The average molecular weight is 263 g/mol. The number of fused-ring (bicyclic) bond motifs is 2. The molecule has 0 amide bonds. The maximum absolute atomic E-state index is 3.85. The summed E-state index contributed by atoms with van der Waals surface area (Å²) in [6, 6.07) is 2.92. The molecular formula is C16H25NS. The highest BCUT2D eigenvalue weighted by atomic mass is 32.1. The van der Waals surface area contributed by atoms with Crippen LogP contribution in [0.4, 0.5) is 0 Å². The van der Waals surface area contributed by atoms with Crippen molar-refractivity contribution in [1.82, 2.24) is 5.32 Å². The topological polar surface area (TPSA) is 12.0 Å². The predicted octanol–water partition coefficient (Wildman–Crippen LogP) is 4.36. The summed E-state index contributed by atoms with van der Waals surface area (Å²) in [6.07, 6.45) is 4.29. The van der Waals surface area contributed by atoms with Crippen molar-refractivity contribution >= 4 is 11.3 Å². The first kappa shape index (κ1) is 12.7. The lowest BCUT2D eigenvalue weighted by atomic mass is 9.43. The first-order valence-corrected chi connectivity index (χ1v) is 8.07. The van der Waals surface area contributed by atoms with Crippen molar-refractivity contribution in [3.8, 4) is 0 Å². The van der Waals surface area contributed by atoms with Gasteiger partial charge in [-0.1, -0.05) is 20.8 Å². The molecule has 4 rings (SSSR count). The third-order valence-corrected chi connectivity index (χ3v) is 6.97. The van der Waals surface area contributed by atoms with E-state index in [4.69, 9.17) is 0 Å². The van der Waals surface area contributed by atoms with E-state index >= 15 is 0 Å². The molecule has 100 valence electrons. The van der Waals surface area contributed by atoms with E-state index in [-0.39, 0.29) is 0 Å². The van der Waals surface area contributed by atoms with Crippen LogP contribution < -0.4 is 5.32 Å². The first-order valence-electron chi connectivity index (χ1n) is 7.19. The minimum absolute atomic E-state index is 0.437. The van der Waals surface area contributed by atoms with Crippen molar-refractivity contribution in [3.63, 3.8) is 0 Å². The standard InChI is InChI=1S/C16H25NS/c1-11-5-6-18-13(11)10-17-14-7-12-8-16(4,9-12)15(14,2)3/h5-6,12,14,17H,7-10H2,1-4H3. The molecule has 1 aromatic rings.